The highest BCUT2D eigenvalue weighted by molar-refractivity contribution is 5.68. The molecule has 96 valence electrons. The van der Waals surface area contributed by atoms with Gasteiger partial charge in [0.1, 0.15) is 5.60 Å². The lowest BCUT2D eigenvalue weighted by molar-refractivity contribution is 0.0200. The van der Waals surface area contributed by atoms with Gasteiger partial charge in [0, 0.05) is 12.1 Å². The quantitative estimate of drug-likeness (QED) is 0.762. The van der Waals surface area contributed by atoms with E-state index in [0.29, 0.717) is 6.54 Å². The monoisotopic (exact) mass is 230 g/mol. The minimum Gasteiger partial charge on any atom is -0.442 e. The smallest absolute Gasteiger partial charge is 0.408 e. The van der Waals surface area contributed by atoms with Gasteiger partial charge in [-0.1, -0.05) is 13.3 Å². The Bertz CT molecular complexity index is 224. The average molecular weight is 230 g/mol. The molecule has 0 saturated heterocycles. The second-order valence-electron chi connectivity index (χ2n) is 5.52. The van der Waals surface area contributed by atoms with Crippen molar-refractivity contribution in [2.45, 2.75) is 65.0 Å². The van der Waals surface area contributed by atoms with Crippen LogP contribution in [0, 0.1) is 0 Å². The highest BCUT2D eigenvalue weighted by Gasteiger charge is 2.28. The summed E-state index contributed by atoms with van der Waals surface area (Å²) in [5.41, 5.74) is 4.82. The van der Waals surface area contributed by atoms with Crippen LogP contribution in [-0.2, 0) is 4.74 Å². The number of nitrogens with one attached hydrogen (secondary N) is 1. The lowest BCUT2D eigenvalue weighted by Crippen LogP contribution is -2.47. The molecule has 0 aliphatic rings. The summed E-state index contributed by atoms with van der Waals surface area (Å²) in [5, 5.41) is 2.77. The molecule has 0 fully saturated rings. The second-order valence-corrected chi connectivity index (χ2v) is 5.52. The minimum absolute atomic E-state index is 0.280. The topological polar surface area (TPSA) is 64.3 Å². The van der Waals surface area contributed by atoms with Crippen LogP contribution >= 0.6 is 0 Å². The van der Waals surface area contributed by atoms with Gasteiger partial charge in [0.2, 0.25) is 0 Å². The average Bonchev–Trinajstić information content (AvgIpc) is 2.11. The van der Waals surface area contributed by atoms with Crippen LogP contribution in [0.1, 0.15) is 53.9 Å². The van der Waals surface area contributed by atoms with Gasteiger partial charge >= 0.3 is 6.09 Å². The maximum absolute atomic E-state index is 11.6. The van der Waals surface area contributed by atoms with Crippen LogP contribution in [-0.4, -0.2) is 23.8 Å². The Kier molecular flexibility index (Phi) is 5.79. The lowest BCUT2D eigenvalue weighted by Gasteiger charge is -2.30. The predicted molar refractivity (Wildman–Crippen MR) is 66.4 cm³/mol. The fraction of sp³-hybridized carbons (Fsp3) is 0.917. The first-order valence-electron chi connectivity index (χ1n) is 5.93. The van der Waals surface area contributed by atoms with Gasteiger partial charge in [0.25, 0.3) is 0 Å². The molecule has 0 unspecified atom stereocenters. The van der Waals surface area contributed by atoms with Crippen LogP contribution in [0.15, 0.2) is 0 Å². The summed E-state index contributed by atoms with van der Waals surface area (Å²) in [6, 6.07) is 0. The molecule has 0 radical (unpaired) electrons. The zero-order valence-electron chi connectivity index (χ0n) is 11.2. The van der Waals surface area contributed by atoms with Crippen LogP contribution in [0.5, 0.6) is 0 Å². The number of alkyl carbamates (subject to hydrolysis) is 1. The molecule has 1 amide bonds. The first kappa shape index (κ1) is 15.2. The summed E-state index contributed by atoms with van der Waals surface area (Å²) in [6.07, 6.45) is 2.49. The maximum atomic E-state index is 11.6. The van der Waals surface area contributed by atoms with Crippen molar-refractivity contribution in [3.63, 3.8) is 0 Å². The van der Waals surface area contributed by atoms with Crippen molar-refractivity contribution in [1.82, 2.24) is 5.32 Å². The third-order valence-electron chi connectivity index (χ3n) is 2.31. The first-order valence-corrected chi connectivity index (χ1v) is 5.93. The number of carbonyl (C=O) groups excluding carboxylic acids is 1. The first-order chi connectivity index (χ1) is 7.22. The molecule has 0 bridgehead atoms. The number of unbranched alkanes of at least 4 members (excludes halogenated alkanes) is 1. The van der Waals surface area contributed by atoms with Gasteiger partial charge in [-0.25, -0.2) is 4.79 Å². The molecule has 0 spiro atoms. The number of nitrogens with two attached hydrogens (primary N) is 1. The van der Waals surface area contributed by atoms with Crippen molar-refractivity contribution in [2.75, 3.05) is 6.54 Å². The molecule has 3 N–H and O–H groups in total. The number of rotatable bonds is 5. The Labute approximate surface area is 98.9 Å². The van der Waals surface area contributed by atoms with Crippen LogP contribution in [0.4, 0.5) is 4.79 Å². The molecule has 0 aliphatic carbocycles. The third-order valence-corrected chi connectivity index (χ3v) is 2.31. The van der Waals surface area contributed by atoms with Crippen molar-refractivity contribution in [3.8, 4) is 0 Å². The molecule has 1 atom stereocenters. The number of amides is 1. The normalized spacial score (nSPS) is 15.4. The molecule has 16 heavy (non-hydrogen) atoms. The largest absolute Gasteiger partial charge is 0.442 e. The molecule has 0 saturated carbocycles. The summed E-state index contributed by atoms with van der Waals surface area (Å²) >= 11 is 0. The minimum atomic E-state index is -0.550. The Morgan fingerprint density at radius 1 is 1.31 bits per heavy atom. The van der Waals surface area contributed by atoms with Gasteiger partial charge in [-0.2, -0.15) is 0 Å². The van der Waals surface area contributed by atoms with Crippen molar-refractivity contribution >= 4 is 6.09 Å². The SMILES string of the molecule is CCCC[C@](C)(CN)OC(=O)NC(C)(C)C. The highest BCUT2D eigenvalue weighted by atomic mass is 16.6. The van der Waals surface area contributed by atoms with Crippen molar-refractivity contribution in [2.24, 2.45) is 5.73 Å². The lowest BCUT2D eigenvalue weighted by atomic mass is 9.99. The van der Waals surface area contributed by atoms with E-state index in [1.807, 2.05) is 27.7 Å². The van der Waals surface area contributed by atoms with E-state index in [1.54, 1.807) is 0 Å². The fourth-order valence-corrected chi connectivity index (χ4v) is 1.30. The summed E-state index contributed by atoms with van der Waals surface area (Å²) in [5.74, 6) is 0. The summed E-state index contributed by atoms with van der Waals surface area (Å²) in [4.78, 5) is 11.6. The molecule has 0 aromatic carbocycles. The van der Waals surface area contributed by atoms with E-state index in [-0.39, 0.29) is 5.54 Å². The van der Waals surface area contributed by atoms with Crippen LogP contribution < -0.4 is 11.1 Å². The second kappa shape index (κ2) is 6.09. The van der Waals surface area contributed by atoms with Crippen LogP contribution in [0.3, 0.4) is 0 Å². The van der Waals surface area contributed by atoms with E-state index in [4.69, 9.17) is 10.5 Å². The molecule has 0 aromatic heterocycles. The highest BCUT2D eigenvalue weighted by Crippen LogP contribution is 2.18. The molecular weight excluding hydrogens is 204 g/mol. The summed E-state index contributed by atoms with van der Waals surface area (Å²) < 4.78 is 5.39. The van der Waals surface area contributed by atoms with Crippen molar-refractivity contribution in [1.29, 1.82) is 0 Å². The van der Waals surface area contributed by atoms with E-state index in [0.717, 1.165) is 19.3 Å². The zero-order valence-corrected chi connectivity index (χ0v) is 11.2. The van der Waals surface area contributed by atoms with E-state index in [9.17, 15) is 4.79 Å². The van der Waals surface area contributed by atoms with E-state index in [2.05, 4.69) is 12.2 Å². The Balaban J connectivity index is 4.25. The Morgan fingerprint density at radius 2 is 1.88 bits per heavy atom. The van der Waals surface area contributed by atoms with Crippen molar-refractivity contribution < 1.29 is 9.53 Å². The van der Waals surface area contributed by atoms with E-state index in [1.165, 1.54) is 0 Å². The number of ether oxygens (including phenoxy) is 1. The molecule has 0 heterocycles. The molecule has 0 aromatic rings. The van der Waals surface area contributed by atoms with Gasteiger partial charge in [-0.05, 0) is 40.5 Å². The van der Waals surface area contributed by atoms with Gasteiger partial charge in [0.15, 0.2) is 0 Å². The molecule has 0 aliphatic heterocycles. The molecule has 4 heteroatoms. The van der Waals surface area contributed by atoms with Crippen molar-refractivity contribution in [3.05, 3.63) is 0 Å². The van der Waals surface area contributed by atoms with E-state index >= 15 is 0 Å². The number of hydrogen-bond acceptors (Lipinski definition) is 3. The predicted octanol–water partition coefficient (Wildman–Crippen LogP) is 2.42. The summed E-state index contributed by atoms with van der Waals surface area (Å²) in [7, 11) is 0. The fourth-order valence-electron chi connectivity index (χ4n) is 1.30. The Morgan fingerprint density at radius 3 is 2.25 bits per heavy atom. The van der Waals surface area contributed by atoms with Crippen LogP contribution in [0.25, 0.3) is 0 Å². The zero-order chi connectivity index (χ0) is 12.8. The molecule has 4 nitrogen and oxygen atoms in total. The van der Waals surface area contributed by atoms with Gasteiger partial charge in [-0.3, -0.25) is 0 Å². The maximum Gasteiger partial charge on any atom is 0.408 e. The van der Waals surface area contributed by atoms with Gasteiger partial charge in [0.05, 0.1) is 0 Å². The molecular formula is C12H26N2O2. The summed E-state index contributed by atoms with van der Waals surface area (Å²) in [6.45, 7) is 10.1. The standard InChI is InChI=1S/C12H26N2O2/c1-6-7-8-12(5,9-13)16-10(15)14-11(2,3)4/h6-9,13H2,1-5H3,(H,14,15)/t12-/m1/s1. The van der Waals surface area contributed by atoms with E-state index < -0.39 is 11.7 Å². The van der Waals surface area contributed by atoms with Gasteiger partial charge in [-0.15, -0.1) is 0 Å². The Hall–Kier alpha value is -0.770. The molecule has 0 rings (SSSR count). The number of carbonyl (C=O) groups is 1. The number of hydrogen-bond donors (Lipinski definition) is 2. The van der Waals surface area contributed by atoms with Crippen LogP contribution in [0.2, 0.25) is 0 Å². The van der Waals surface area contributed by atoms with Gasteiger partial charge < -0.3 is 15.8 Å². The third kappa shape index (κ3) is 6.67.